The van der Waals surface area contributed by atoms with Crippen LogP contribution in [0.25, 0.3) is 61.6 Å². The van der Waals surface area contributed by atoms with E-state index in [1.165, 1.54) is 166 Å². The Balaban J connectivity index is 1.02. The average molecular weight is 989 g/mol. The van der Waals surface area contributed by atoms with E-state index >= 15 is 0 Å². The second kappa shape index (κ2) is 20.3. The predicted molar refractivity (Wildman–Crippen MR) is 312 cm³/mol. The van der Waals surface area contributed by atoms with Gasteiger partial charge < -0.3 is 5.11 Å². The highest BCUT2D eigenvalue weighted by atomic mass is 16.3. The van der Waals surface area contributed by atoms with Crippen molar-refractivity contribution < 1.29 is 9.67 Å². The fraction of sp³-hybridized carbons (Fsp3) is 0.438. The topological polar surface area (TPSA) is 24.1 Å². The lowest BCUT2D eigenvalue weighted by Gasteiger charge is -2.57. The smallest absolute Gasteiger partial charge is 0.219 e. The summed E-state index contributed by atoms with van der Waals surface area (Å²) in [7, 11) is 0. The summed E-state index contributed by atoms with van der Waals surface area (Å²) in [6.07, 6.45) is 27.3. The van der Waals surface area contributed by atoms with Crippen LogP contribution in [0.15, 0.2) is 146 Å². The first-order valence-corrected chi connectivity index (χ1v) is 30.2. The average Bonchev–Trinajstić information content (AvgIpc) is 3.44. The van der Waals surface area contributed by atoms with Gasteiger partial charge in [-0.3, -0.25) is 0 Å². The summed E-state index contributed by atoms with van der Waals surface area (Å²) < 4.78 is 2.57. The molecule has 8 aliphatic carbocycles. The number of rotatable bonds is 17. The number of aromatic nitrogens is 1. The minimum absolute atomic E-state index is 0.327. The minimum atomic E-state index is 0.327. The quantitative estimate of drug-likeness (QED) is 0.0904. The van der Waals surface area contributed by atoms with Crippen LogP contribution in [0.3, 0.4) is 0 Å². The van der Waals surface area contributed by atoms with Gasteiger partial charge in [0.05, 0.1) is 0 Å². The molecule has 8 fully saturated rings. The van der Waals surface area contributed by atoms with Gasteiger partial charge in [-0.25, -0.2) is 0 Å². The number of benzene rings is 6. The van der Waals surface area contributed by atoms with Crippen LogP contribution in [-0.4, -0.2) is 5.11 Å². The van der Waals surface area contributed by atoms with Crippen molar-refractivity contribution in [1.29, 1.82) is 0 Å². The molecule has 2 nitrogen and oxygen atoms in total. The van der Waals surface area contributed by atoms with Gasteiger partial charge in [-0.05, 0) is 236 Å². The summed E-state index contributed by atoms with van der Waals surface area (Å²) in [5, 5.41) is 12.7. The Morgan fingerprint density at radius 1 is 0.373 bits per heavy atom. The molecule has 6 aromatic carbocycles. The zero-order valence-corrected chi connectivity index (χ0v) is 45.6. The van der Waals surface area contributed by atoms with Gasteiger partial charge in [-0.15, -0.1) is 0 Å². The van der Waals surface area contributed by atoms with Gasteiger partial charge in [-0.2, -0.15) is 4.57 Å². The molecule has 2 heteroatoms. The molecule has 1 N–H and O–H groups in total. The van der Waals surface area contributed by atoms with E-state index in [2.05, 4.69) is 171 Å². The third-order valence-electron chi connectivity index (χ3n) is 20.4. The van der Waals surface area contributed by atoms with Crippen molar-refractivity contribution in [3.05, 3.63) is 173 Å². The van der Waals surface area contributed by atoms with Crippen LogP contribution in [0.2, 0.25) is 0 Å². The van der Waals surface area contributed by atoms with Crippen LogP contribution < -0.4 is 4.57 Å². The third-order valence-corrected chi connectivity index (χ3v) is 20.4. The van der Waals surface area contributed by atoms with Crippen LogP contribution in [-0.2, 0) is 30.1 Å². The molecule has 7 aromatic rings. The van der Waals surface area contributed by atoms with Crippen molar-refractivity contribution in [2.24, 2.45) is 35.5 Å². The van der Waals surface area contributed by atoms with Crippen molar-refractivity contribution in [3.8, 4) is 67.3 Å². The molecule has 1 heterocycles. The molecule has 0 unspecified atom stereocenters. The first-order valence-electron chi connectivity index (χ1n) is 30.2. The van der Waals surface area contributed by atoms with E-state index < -0.39 is 0 Å². The number of aryl methyl sites for hydroxylation is 3. The van der Waals surface area contributed by atoms with Gasteiger partial charge >= 0.3 is 0 Å². The van der Waals surface area contributed by atoms with E-state index in [0.717, 1.165) is 82.7 Å². The minimum Gasteiger partial charge on any atom is -0.507 e. The maximum atomic E-state index is 12.7. The van der Waals surface area contributed by atoms with Gasteiger partial charge in [-0.1, -0.05) is 137 Å². The Kier molecular flexibility index (Phi) is 13.3. The molecule has 1 aromatic heterocycles. The van der Waals surface area contributed by atoms with Crippen LogP contribution in [0.4, 0.5) is 0 Å². The first-order chi connectivity index (χ1) is 36.7. The first kappa shape index (κ1) is 48.9. The zero-order valence-electron chi connectivity index (χ0n) is 45.6. The standard InChI is InChI=1S/C73H81NO/c1-4-7-10-49-13-19-58(20-14-49)63-39-69(61-25-29-64(30-26-61)72-43-52-33-53(44-72)35-54(34-52)45-72)74(70(40-63)62-27-31-65(32-28-62)73-46-55-36-56(47-73)38-57(37-55)48-73)66-41-67(59-21-15-50(16-22-59)11-8-5-2)71(75)68(42-66)60-23-17-51(18-24-60)12-9-6-3/h13-32,39-42,52-57H,4-12,33-38,43-48H2,1-3H3/p+1/t52-,53-,54?,55?,56?,57?,72?,73?/m1/s1. The van der Waals surface area contributed by atoms with Crippen molar-refractivity contribution in [2.45, 2.75) is 166 Å². The normalized spacial score (nSPS) is 26.1. The lowest BCUT2D eigenvalue weighted by atomic mass is 9.48. The maximum absolute atomic E-state index is 12.7. The van der Waals surface area contributed by atoms with Gasteiger partial charge in [0.1, 0.15) is 5.75 Å². The molecule has 8 aliphatic rings. The zero-order chi connectivity index (χ0) is 50.7. The molecule has 0 aliphatic heterocycles. The molecule has 0 saturated heterocycles. The van der Waals surface area contributed by atoms with Gasteiger partial charge in [0.25, 0.3) is 0 Å². The molecule has 15 rings (SSSR count). The van der Waals surface area contributed by atoms with E-state index in [-0.39, 0.29) is 0 Å². The van der Waals surface area contributed by atoms with Crippen molar-refractivity contribution in [1.82, 2.24) is 0 Å². The van der Waals surface area contributed by atoms with E-state index in [9.17, 15) is 5.11 Å². The monoisotopic (exact) mass is 989 g/mol. The fourth-order valence-corrected chi connectivity index (χ4v) is 17.3. The molecule has 0 atom stereocenters. The van der Waals surface area contributed by atoms with E-state index in [1.807, 2.05) is 0 Å². The molecule has 0 amide bonds. The molecule has 0 spiro atoms. The molecule has 8 saturated carbocycles. The SMILES string of the molecule is CCCCc1ccc(-c2cc(-c3ccc(C45CC6CC(CC(C6)C4)C5)cc3)[n+](-c3cc(-c4ccc(CCCC)cc4)c(O)c(-c4ccc(CCCC)cc4)c3)c(-c3ccc(C45CC6C[C@H](C4)C[C@H](C6)C5)cc3)c2)cc1. The Morgan fingerprint density at radius 2 is 0.680 bits per heavy atom. The maximum Gasteiger partial charge on any atom is 0.219 e. The highest BCUT2D eigenvalue weighted by Gasteiger charge is 2.53. The molecule has 0 radical (unpaired) electrons. The summed E-state index contributed by atoms with van der Waals surface area (Å²) >= 11 is 0. The summed E-state index contributed by atoms with van der Waals surface area (Å²) in [5.74, 6) is 5.74. The van der Waals surface area contributed by atoms with Crippen molar-refractivity contribution in [2.75, 3.05) is 0 Å². The van der Waals surface area contributed by atoms with Gasteiger partial charge in [0, 0.05) is 46.5 Å². The number of pyridine rings is 1. The van der Waals surface area contributed by atoms with E-state index in [1.54, 1.807) is 11.1 Å². The lowest BCUT2D eigenvalue weighted by molar-refractivity contribution is -0.572. The highest BCUT2D eigenvalue weighted by molar-refractivity contribution is 5.85. The van der Waals surface area contributed by atoms with E-state index in [0.29, 0.717) is 16.6 Å². The van der Waals surface area contributed by atoms with E-state index in [4.69, 9.17) is 0 Å². The summed E-state index contributed by atoms with van der Waals surface area (Å²) in [5.41, 5.74) is 20.1. The molecule has 75 heavy (non-hydrogen) atoms. The van der Waals surface area contributed by atoms with Gasteiger partial charge in [0.2, 0.25) is 17.1 Å². The lowest BCUT2D eigenvalue weighted by Crippen LogP contribution is -2.48. The van der Waals surface area contributed by atoms with Gasteiger partial charge in [0.15, 0.2) is 0 Å². The molecule has 384 valence electrons. The van der Waals surface area contributed by atoms with Crippen molar-refractivity contribution in [3.63, 3.8) is 0 Å². The van der Waals surface area contributed by atoms with Crippen LogP contribution in [0.5, 0.6) is 5.75 Å². The molecular formula is C73H82NO+. The summed E-state index contributed by atoms with van der Waals surface area (Å²) in [4.78, 5) is 0. The fourth-order valence-electron chi connectivity index (χ4n) is 17.3. The highest BCUT2D eigenvalue weighted by Crippen LogP contribution is 2.62. The summed E-state index contributed by atoms with van der Waals surface area (Å²) in [6, 6.07) is 57.2. The Morgan fingerprint density at radius 3 is 1.00 bits per heavy atom. The van der Waals surface area contributed by atoms with Crippen LogP contribution in [0.1, 0.15) is 164 Å². The summed E-state index contributed by atoms with van der Waals surface area (Å²) in [6.45, 7) is 6.82. The Labute approximate surface area is 450 Å². The number of hydrogen-bond donors (Lipinski definition) is 1. The second-order valence-electron chi connectivity index (χ2n) is 25.7. The van der Waals surface area contributed by atoms with Crippen LogP contribution in [0, 0.1) is 35.5 Å². The number of phenols is 1. The molecular weight excluding hydrogens is 907 g/mol. The largest absolute Gasteiger partial charge is 0.507 e. The second-order valence-corrected chi connectivity index (χ2v) is 25.7. The number of aromatic hydroxyl groups is 1. The molecule has 8 bridgehead atoms. The third kappa shape index (κ3) is 9.43. The Hall–Kier alpha value is -5.73. The number of hydrogen-bond acceptors (Lipinski definition) is 1. The Bertz CT molecular complexity index is 2890. The van der Waals surface area contributed by atoms with Crippen molar-refractivity contribution >= 4 is 0 Å². The predicted octanol–water partition coefficient (Wildman–Crippen LogP) is 19.0. The number of unbranched alkanes of at least 4 members (excludes halogenated alkanes) is 3. The number of phenolic OH excluding ortho intramolecular Hbond substituents is 1. The van der Waals surface area contributed by atoms with Crippen LogP contribution >= 0.6 is 0 Å². The number of nitrogens with zero attached hydrogens (tertiary/aromatic N) is 1.